The predicted octanol–water partition coefficient (Wildman–Crippen LogP) is 2.19. The third-order valence-electron chi connectivity index (χ3n) is 4.24. The summed E-state index contributed by atoms with van der Waals surface area (Å²) in [4.78, 5) is 15.0. The van der Waals surface area contributed by atoms with Crippen molar-refractivity contribution in [2.24, 2.45) is 5.41 Å². The number of amides is 1. The molecule has 1 aromatic carbocycles. The maximum Gasteiger partial charge on any atom is 0.225 e. The zero-order chi connectivity index (χ0) is 14.7. The fourth-order valence-corrected chi connectivity index (χ4v) is 2.68. The van der Waals surface area contributed by atoms with Crippen molar-refractivity contribution in [1.29, 1.82) is 0 Å². The third-order valence-corrected chi connectivity index (χ3v) is 4.24. The van der Waals surface area contributed by atoms with Crippen molar-refractivity contribution in [3.05, 3.63) is 59.9 Å². The molecule has 1 heterocycles. The van der Waals surface area contributed by atoms with Crippen molar-refractivity contribution in [3.63, 3.8) is 0 Å². The fraction of sp³-hybridized carbons (Fsp3) is 0.353. The van der Waals surface area contributed by atoms with Crippen LogP contribution in [0.5, 0.6) is 0 Å². The Morgan fingerprint density at radius 2 is 2.00 bits per heavy atom. The number of hydrogen-bond donors (Lipinski definition) is 3. The van der Waals surface area contributed by atoms with Crippen LogP contribution in [-0.4, -0.2) is 22.5 Å². The van der Waals surface area contributed by atoms with Crippen molar-refractivity contribution >= 4 is 5.91 Å². The van der Waals surface area contributed by atoms with Crippen LogP contribution in [0.15, 0.2) is 48.7 Å². The Labute approximate surface area is 124 Å². The molecular weight excluding hydrogens is 264 g/mol. The molecule has 1 fully saturated rings. The molecule has 0 spiro atoms. The lowest BCUT2D eigenvalue weighted by Gasteiger charge is -2.23. The molecule has 3 rings (SSSR count). The molecule has 4 nitrogen and oxygen atoms in total. The van der Waals surface area contributed by atoms with E-state index >= 15 is 0 Å². The Hall–Kier alpha value is -2.07. The van der Waals surface area contributed by atoms with E-state index in [2.05, 4.69) is 10.3 Å². The summed E-state index contributed by atoms with van der Waals surface area (Å²) in [7, 11) is 0. The zero-order valence-corrected chi connectivity index (χ0v) is 11.9. The minimum Gasteiger partial charge on any atom is -0.388 e. The lowest BCUT2D eigenvalue weighted by molar-refractivity contribution is -0.121. The predicted molar refractivity (Wildman–Crippen MR) is 80.6 cm³/mol. The highest BCUT2D eigenvalue weighted by Gasteiger charge is 2.49. The number of aromatic nitrogens is 1. The van der Waals surface area contributed by atoms with E-state index in [0.717, 1.165) is 24.1 Å². The number of H-pyrrole nitrogens is 1. The highest BCUT2D eigenvalue weighted by molar-refractivity contribution is 5.78. The average molecular weight is 284 g/mol. The highest BCUT2D eigenvalue weighted by atomic mass is 16.3. The Balaban J connectivity index is 1.56. The summed E-state index contributed by atoms with van der Waals surface area (Å²) in [6.07, 6.45) is 3.55. The Morgan fingerprint density at radius 1 is 1.24 bits per heavy atom. The number of hydrogen-bond acceptors (Lipinski definition) is 2. The summed E-state index contributed by atoms with van der Waals surface area (Å²) in [5.41, 5.74) is 1.64. The van der Waals surface area contributed by atoms with Gasteiger partial charge >= 0.3 is 0 Å². The summed E-state index contributed by atoms with van der Waals surface area (Å²) in [6.45, 7) is 0.530. The van der Waals surface area contributed by atoms with E-state index in [-0.39, 0.29) is 11.3 Å². The molecule has 1 aromatic heterocycles. The van der Waals surface area contributed by atoms with Crippen LogP contribution < -0.4 is 5.32 Å². The highest BCUT2D eigenvalue weighted by Crippen LogP contribution is 2.54. The molecule has 21 heavy (non-hydrogen) atoms. The summed E-state index contributed by atoms with van der Waals surface area (Å²) in [5, 5.41) is 13.5. The molecule has 1 aliphatic rings. The van der Waals surface area contributed by atoms with E-state index < -0.39 is 6.10 Å². The second-order valence-electron chi connectivity index (χ2n) is 5.82. The largest absolute Gasteiger partial charge is 0.388 e. The molecule has 0 bridgehead atoms. The zero-order valence-electron chi connectivity index (χ0n) is 11.9. The van der Waals surface area contributed by atoms with Crippen LogP contribution in [0, 0.1) is 5.41 Å². The number of carbonyl (C=O) groups is 1. The first-order chi connectivity index (χ1) is 10.2. The smallest absolute Gasteiger partial charge is 0.225 e. The standard InChI is InChI=1S/C17H20N2O2/c20-15(11-14-7-4-10-18-14)19-12-17(8-9-17)16(21)13-5-2-1-3-6-13/h1-7,10,16,18,21H,8-9,11-12H2,(H,19,20). The average Bonchev–Trinajstić information content (AvgIpc) is 3.14. The first-order valence-corrected chi connectivity index (χ1v) is 7.32. The molecule has 0 aliphatic heterocycles. The van der Waals surface area contributed by atoms with Gasteiger partial charge in [0, 0.05) is 23.9 Å². The number of aromatic amines is 1. The molecule has 1 unspecified atom stereocenters. The van der Waals surface area contributed by atoms with Crippen LogP contribution in [-0.2, 0) is 11.2 Å². The number of rotatable bonds is 6. The van der Waals surface area contributed by atoms with Crippen LogP contribution >= 0.6 is 0 Å². The Morgan fingerprint density at radius 3 is 2.62 bits per heavy atom. The van der Waals surface area contributed by atoms with Crippen molar-refractivity contribution < 1.29 is 9.90 Å². The molecule has 0 saturated heterocycles. The van der Waals surface area contributed by atoms with Gasteiger partial charge in [-0.2, -0.15) is 0 Å². The van der Waals surface area contributed by atoms with Crippen LogP contribution in [0.25, 0.3) is 0 Å². The monoisotopic (exact) mass is 284 g/mol. The van der Waals surface area contributed by atoms with E-state index in [0.29, 0.717) is 13.0 Å². The molecule has 1 amide bonds. The van der Waals surface area contributed by atoms with Gasteiger partial charge in [-0.15, -0.1) is 0 Å². The van der Waals surface area contributed by atoms with Gasteiger partial charge in [-0.3, -0.25) is 4.79 Å². The normalized spacial score (nSPS) is 17.2. The first kappa shape index (κ1) is 13.9. The molecule has 1 saturated carbocycles. The van der Waals surface area contributed by atoms with Gasteiger partial charge in [0.05, 0.1) is 12.5 Å². The van der Waals surface area contributed by atoms with Gasteiger partial charge in [0.15, 0.2) is 0 Å². The molecule has 3 N–H and O–H groups in total. The Bertz CT molecular complexity index is 589. The van der Waals surface area contributed by atoms with Crippen LogP contribution in [0.2, 0.25) is 0 Å². The number of aliphatic hydroxyl groups excluding tert-OH is 1. The molecule has 1 aliphatic carbocycles. The second kappa shape index (κ2) is 5.74. The number of carbonyl (C=O) groups excluding carboxylic acids is 1. The Kier molecular flexibility index (Phi) is 3.80. The van der Waals surface area contributed by atoms with Gasteiger partial charge in [0.2, 0.25) is 5.91 Å². The van der Waals surface area contributed by atoms with Crippen LogP contribution in [0.3, 0.4) is 0 Å². The van der Waals surface area contributed by atoms with Crippen molar-refractivity contribution in [2.45, 2.75) is 25.4 Å². The van der Waals surface area contributed by atoms with Crippen molar-refractivity contribution in [3.8, 4) is 0 Å². The minimum absolute atomic E-state index is 0.0102. The lowest BCUT2D eigenvalue weighted by atomic mass is 9.92. The quantitative estimate of drug-likeness (QED) is 0.761. The van der Waals surface area contributed by atoms with Gasteiger partial charge < -0.3 is 15.4 Å². The molecule has 0 radical (unpaired) electrons. The summed E-state index contributed by atoms with van der Waals surface area (Å²) < 4.78 is 0. The minimum atomic E-state index is -0.510. The third kappa shape index (κ3) is 3.16. The van der Waals surface area contributed by atoms with E-state index in [9.17, 15) is 9.90 Å². The molecule has 2 aromatic rings. The van der Waals surface area contributed by atoms with Crippen molar-refractivity contribution in [1.82, 2.24) is 10.3 Å². The number of benzene rings is 1. The van der Waals surface area contributed by atoms with Gasteiger partial charge in [-0.05, 0) is 30.5 Å². The van der Waals surface area contributed by atoms with Gasteiger partial charge in [-0.25, -0.2) is 0 Å². The summed E-state index contributed by atoms with van der Waals surface area (Å²) in [5.74, 6) is -0.0102. The number of aliphatic hydroxyl groups is 1. The second-order valence-corrected chi connectivity index (χ2v) is 5.82. The topological polar surface area (TPSA) is 65.1 Å². The van der Waals surface area contributed by atoms with Crippen LogP contribution in [0.4, 0.5) is 0 Å². The maximum absolute atomic E-state index is 11.9. The lowest BCUT2D eigenvalue weighted by Crippen LogP contribution is -2.34. The fourth-order valence-electron chi connectivity index (χ4n) is 2.68. The van der Waals surface area contributed by atoms with Gasteiger partial charge in [0.25, 0.3) is 0 Å². The maximum atomic E-state index is 11.9. The summed E-state index contributed by atoms with van der Waals surface area (Å²) >= 11 is 0. The van der Waals surface area contributed by atoms with E-state index in [1.54, 1.807) is 0 Å². The molecule has 1 atom stereocenters. The van der Waals surface area contributed by atoms with E-state index in [1.807, 2.05) is 48.7 Å². The summed E-state index contributed by atoms with van der Waals surface area (Å²) in [6, 6.07) is 13.4. The van der Waals surface area contributed by atoms with Gasteiger partial charge in [-0.1, -0.05) is 30.3 Å². The first-order valence-electron chi connectivity index (χ1n) is 7.32. The van der Waals surface area contributed by atoms with Gasteiger partial charge in [0.1, 0.15) is 0 Å². The van der Waals surface area contributed by atoms with Crippen LogP contribution in [0.1, 0.15) is 30.2 Å². The molecule has 110 valence electrons. The molecular formula is C17H20N2O2. The molecule has 4 heteroatoms. The van der Waals surface area contributed by atoms with E-state index in [4.69, 9.17) is 0 Å². The SMILES string of the molecule is O=C(Cc1ccc[nH]1)NCC1(C(O)c2ccccc2)CC1. The number of nitrogens with one attached hydrogen (secondary N) is 2. The van der Waals surface area contributed by atoms with Crippen molar-refractivity contribution in [2.75, 3.05) is 6.54 Å². The van der Waals surface area contributed by atoms with E-state index in [1.165, 1.54) is 0 Å².